The van der Waals surface area contributed by atoms with Crippen molar-refractivity contribution in [3.8, 4) is 0 Å². The maximum atomic E-state index is 11.6. The van der Waals surface area contributed by atoms with E-state index < -0.39 is 5.97 Å². The van der Waals surface area contributed by atoms with Gasteiger partial charge in [-0.15, -0.1) is 0 Å². The molecule has 0 unspecified atom stereocenters. The first-order valence-corrected chi connectivity index (χ1v) is 12.0. The van der Waals surface area contributed by atoms with E-state index in [-0.39, 0.29) is 6.04 Å². The standard InChI is InChI=1S/C28H29N3O2/c32-28(33)21-5-3-4-20(16-21)27-26-19-9-8-18(15-19)25(26)22-14-17(7-10-23(22)31-27)11-13-30-24-6-1-2-12-29-24/h1-7,10,12,14,16,18-19,25-27,31H,8-9,11,13,15H2,(H,29,30)(H,32,33)/t18-,19-,25+,26-,27-/m0/s1. The van der Waals surface area contributed by atoms with Crippen molar-refractivity contribution in [3.05, 3.63) is 89.1 Å². The van der Waals surface area contributed by atoms with E-state index in [2.05, 4.69) is 39.9 Å². The molecule has 3 aliphatic rings. The van der Waals surface area contributed by atoms with Gasteiger partial charge in [-0.05, 0) is 96.4 Å². The maximum Gasteiger partial charge on any atom is 0.335 e. The molecule has 2 saturated carbocycles. The number of benzene rings is 2. The van der Waals surface area contributed by atoms with Crippen molar-refractivity contribution in [2.24, 2.45) is 17.8 Å². The minimum atomic E-state index is -0.860. The van der Waals surface area contributed by atoms with Gasteiger partial charge >= 0.3 is 5.97 Å². The number of nitrogens with zero attached hydrogens (tertiary/aromatic N) is 1. The Morgan fingerprint density at radius 2 is 1.97 bits per heavy atom. The SMILES string of the molecule is O=C(O)c1cccc([C@@H]2Nc3ccc(CCNc4ccccn4)cc3[C@H]3[C@H]4CC[C@@H](C4)[C@@H]32)c1. The average molecular weight is 440 g/mol. The Balaban J connectivity index is 1.28. The van der Waals surface area contributed by atoms with Crippen LogP contribution in [0.3, 0.4) is 0 Å². The molecule has 0 radical (unpaired) electrons. The molecule has 0 amide bonds. The van der Waals surface area contributed by atoms with Crippen LogP contribution in [0.4, 0.5) is 11.5 Å². The molecule has 5 nitrogen and oxygen atoms in total. The maximum absolute atomic E-state index is 11.6. The van der Waals surface area contributed by atoms with E-state index in [1.165, 1.54) is 36.1 Å². The van der Waals surface area contributed by atoms with Gasteiger partial charge in [0.25, 0.3) is 0 Å². The highest BCUT2D eigenvalue weighted by Gasteiger charge is 2.53. The molecular weight excluding hydrogens is 410 g/mol. The topological polar surface area (TPSA) is 74.2 Å². The summed E-state index contributed by atoms with van der Waals surface area (Å²) in [6.45, 7) is 0.855. The summed E-state index contributed by atoms with van der Waals surface area (Å²) < 4.78 is 0. The lowest BCUT2D eigenvalue weighted by Gasteiger charge is -2.43. The first-order chi connectivity index (χ1) is 16.2. The molecule has 0 spiro atoms. The van der Waals surface area contributed by atoms with Crippen LogP contribution >= 0.6 is 0 Å². The second-order valence-corrected chi connectivity index (χ2v) is 9.80. The van der Waals surface area contributed by atoms with E-state index in [9.17, 15) is 9.90 Å². The van der Waals surface area contributed by atoms with Crippen molar-refractivity contribution < 1.29 is 9.90 Å². The normalized spacial score (nSPS) is 26.8. The zero-order chi connectivity index (χ0) is 22.4. The third-order valence-corrected chi connectivity index (χ3v) is 8.03. The fourth-order valence-electron chi connectivity index (χ4n) is 6.69. The van der Waals surface area contributed by atoms with Crippen LogP contribution in [0, 0.1) is 17.8 Å². The molecule has 5 heteroatoms. The quantitative estimate of drug-likeness (QED) is 0.457. The second kappa shape index (κ2) is 8.22. The van der Waals surface area contributed by atoms with Gasteiger partial charge in [0.15, 0.2) is 0 Å². The van der Waals surface area contributed by atoms with E-state index >= 15 is 0 Å². The molecular formula is C28H29N3O2. The summed E-state index contributed by atoms with van der Waals surface area (Å²) in [4.78, 5) is 15.9. The van der Waals surface area contributed by atoms with Crippen LogP contribution in [0.2, 0.25) is 0 Å². The van der Waals surface area contributed by atoms with Gasteiger partial charge < -0.3 is 15.7 Å². The highest BCUT2D eigenvalue weighted by Crippen LogP contribution is 2.63. The molecule has 3 N–H and O–H groups in total. The van der Waals surface area contributed by atoms with Crippen LogP contribution in [0.15, 0.2) is 66.9 Å². The number of aromatic carboxylic acids is 1. The molecule has 1 aromatic heterocycles. The third kappa shape index (κ3) is 3.65. The van der Waals surface area contributed by atoms with Gasteiger partial charge in [0.1, 0.15) is 5.82 Å². The zero-order valence-corrected chi connectivity index (χ0v) is 18.6. The van der Waals surface area contributed by atoms with E-state index in [0.717, 1.165) is 30.3 Å². The lowest BCUT2D eigenvalue weighted by atomic mass is 9.67. The summed E-state index contributed by atoms with van der Waals surface area (Å²) in [5.74, 6) is 2.60. The Bertz CT molecular complexity index is 1180. The lowest BCUT2D eigenvalue weighted by molar-refractivity contribution is 0.0696. The number of carboxylic acid groups (broad SMARTS) is 1. The number of nitrogens with one attached hydrogen (secondary N) is 2. The van der Waals surface area contributed by atoms with Gasteiger partial charge in [-0.25, -0.2) is 9.78 Å². The van der Waals surface area contributed by atoms with Crippen LogP contribution in [-0.2, 0) is 6.42 Å². The van der Waals surface area contributed by atoms with Crippen molar-refractivity contribution in [1.29, 1.82) is 0 Å². The first kappa shape index (κ1) is 20.3. The van der Waals surface area contributed by atoms with E-state index in [0.29, 0.717) is 23.3 Å². The molecule has 2 aromatic carbocycles. The van der Waals surface area contributed by atoms with Crippen molar-refractivity contribution in [2.45, 2.75) is 37.6 Å². The zero-order valence-electron chi connectivity index (χ0n) is 18.6. The number of aromatic nitrogens is 1. The van der Waals surface area contributed by atoms with Gasteiger partial charge in [0.2, 0.25) is 0 Å². The molecule has 2 aliphatic carbocycles. The monoisotopic (exact) mass is 439 g/mol. The van der Waals surface area contributed by atoms with Gasteiger partial charge in [-0.3, -0.25) is 0 Å². The fourth-order valence-corrected chi connectivity index (χ4v) is 6.69. The number of fused-ring (bicyclic) bond motifs is 7. The molecule has 168 valence electrons. The predicted octanol–water partition coefficient (Wildman–Crippen LogP) is 5.73. The number of pyridine rings is 1. The molecule has 5 atom stereocenters. The summed E-state index contributed by atoms with van der Waals surface area (Å²) in [5, 5.41) is 16.7. The summed E-state index contributed by atoms with van der Waals surface area (Å²) in [5.41, 5.74) is 5.51. The summed E-state index contributed by atoms with van der Waals surface area (Å²) >= 11 is 0. The largest absolute Gasteiger partial charge is 0.478 e. The average Bonchev–Trinajstić information content (AvgIpc) is 3.47. The highest BCUT2D eigenvalue weighted by atomic mass is 16.4. The van der Waals surface area contributed by atoms with Crippen LogP contribution in [0.5, 0.6) is 0 Å². The Labute approximate surface area is 194 Å². The molecule has 2 fully saturated rings. The molecule has 33 heavy (non-hydrogen) atoms. The smallest absolute Gasteiger partial charge is 0.335 e. The second-order valence-electron chi connectivity index (χ2n) is 9.80. The van der Waals surface area contributed by atoms with E-state index in [1.54, 1.807) is 6.07 Å². The number of anilines is 2. The number of hydrogen-bond donors (Lipinski definition) is 3. The molecule has 0 saturated heterocycles. The van der Waals surface area contributed by atoms with Crippen LogP contribution in [-0.4, -0.2) is 22.6 Å². The van der Waals surface area contributed by atoms with Crippen molar-refractivity contribution in [2.75, 3.05) is 17.2 Å². The Morgan fingerprint density at radius 3 is 2.82 bits per heavy atom. The number of carbonyl (C=O) groups is 1. The Morgan fingerprint density at radius 1 is 1.06 bits per heavy atom. The third-order valence-electron chi connectivity index (χ3n) is 8.03. The van der Waals surface area contributed by atoms with Gasteiger partial charge in [-0.2, -0.15) is 0 Å². The summed E-state index contributed by atoms with van der Waals surface area (Å²) in [7, 11) is 0. The molecule has 2 heterocycles. The summed E-state index contributed by atoms with van der Waals surface area (Å²) in [6.07, 6.45) is 6.69. The van der Waals surface area contributed by atoms with Crippen LogP contribution < -0.4 is 10.6 Å². The van der Waals surface area contributed by atoms with Gasteiger partial charge in [-0.1, -0.05) is 30.3 Å². The minimum Gasteiger partial charge on any atom is -0.478 e. The summed E-state index contributed by atoms with van der Waals surface area (Å²) in [6, 6.07) is 20.5. The van der Waals surface area contributed by atoms with Crippen molar-refractivity contribution >= 4 is 17.5 Å². The molecule has 3 aromatic rings. The number of rotatable bonds is 6. The Hall–Kier alpha value is -3.34. The molecule has 1 aliphatic heterocycles. The molecule has 6 rings (SSSR count). The molecule has 2 bridgehead atoms. The number of carboxylic acids is 1. The fraction of sp³-hybridized carbons (Fsp3) is 0.357. The minimum absolute atomic E-state index is 0.175. The van der Waals surface area contributed by atoms with Crippen molar-refractivity contribution in [1.82, 2.24) is 4.98 Å². The lowest BCUT2D eigenvalue weighted by Crippen LogP contribution is -2.35. The first-order valence-electron chi connectivity index (χ1n) is 12.0. The van der Waals surface area contributed by atoms with Crippen LogP contribution in [0.1, 0.15) is 58.3 Å². The Kier molecular flexibility index (Phi) is 5.05. The predicted molar refractivity (Wildman–Crippen MR) is 130 cm³/mol. The van der Waals surface area contributed by atoms with E-state index in [1.807, 2.05) is 36.5 Å². The van der Waals surface area contributed by atoms with E-state index in [4.69, 9.17) is 0 Å². The highest BCUT2D eigenvalue weighted by molar-refractivity contribution is 5.87. The van der Waals surface area contributed by atoms with Gasteiger partial charge in [0.05, 0.1) is 11.6 Å². The van der Waals surface area contributed by atoms with Gasteiger partial charge in [0, 0.05) is 18.4 Å². The van der Waals surface area contributed by atoms with Crippen LogP contribution in [0.25, 0.3) is 0 Å². The number of hydrogen-bond acceptors (Lipinski definition) is 4. The van der Waals surface area contributed by atoms with Crippen molar-refractivity contribution in [3.63, 3.8) is 0 Å².